The fraction of sp³-hybridized carbons (Fsp3) is 0.923. The van der Waals surface area contributed by atoms with Gasteiger partial charge in [-0.1, -0.05) is 0 Å². The molecule has 17 heavy (non-hydrogen) atoms. The largest absolute Gasteiger partial charge is 0.444 e. The maximum atomic E-state index is 11.9. The molecule has 3 atom stereocenters. The van der Waals surface area contributed by atoms with Crippen molar-refractivity contribution in [1.29, 1.82) is 0 Å². The number of hydrogen-bond acceptors (Lipinski definition) is 3. The molecule has 2 rings (SSSR count). The van der Waals surface area contributed by atoms with Gasteiger partial charge in [0.05, 0.1) is 0 Å². The molecule has 4 nitrogen and oxygen atoms in total. The molecule has 2 N–H and O–H groups in total. The van der Waals surface area contributed by atoms with Gasteiger partial charge in [0, 0.05) is 18.6 Å². The summed E-state index contributed by atoms with van der Waals surface area (Å²) in [7, 11) is 0. The Hall–Kier alpha value is -0.770. The molecule has 0 spiro atoms. The lowest BCUT2D eigenvalue weighted by Gasteiger charge is -2.26. The molecule has 4 heteroatoms. The Morgan fingerprint density at radius 2 is 1.76 bits per heavy atom. The van der Waals surface area contributed by atoms with Gasteiger partial charge in [-0.05, 0) is 52.4 Å². The van der Waals surface area contributed by atoms with Gasteiger partial charge in [-0.2, -0.15) is 0 Å². The molecule has 0 aromatic carbocycles. The van der Waals surface area contributed by atoms with Gasteiger partial charge < -0.3 is 15.4 Å². The predicted molar refractivity (Wildman–Crippen MR) is 66.6 cm³/mol. The van der Waals surface area contributed by atoms with E-state index in [0.29, 0.717) is 11.8 Å². The molecule has 1 aliphatic carbocycles. The van der Waals surface area contributed by atoms with E-state index in [4.69, 9.17) is 10.5 Å². The Balaban J connectivity index is 1.91. The summed E-state index contributed by atoms with van der Waals surface area (Å²) in [5.41, 5.74) is 5.72. The highest BCUT2D eigenvalue weighted by Gasteiger charge is 2.46. The van der Waals surface area contributed by atoms with Crippen molar-refractivity contribution >= 4 is 6.09 Å². The maximum absolute atomic E-state index is 11.9. The summed E-state index contributed by atoms with van der Waals surface area (Å²) in [5, 5.41) is 0. The molecule has 1 aliphatic heterocycles. The molecular formula is C13H24N2O2. The Morgan fingerprint density at radius 1 is 1.29 bits per heavy atom. The van der Waals surface area contributed by atoms with Crippen molar-refractivity contribution in [2.45, 2.75) is 51.7 Å². The van der Waals surface area contributed by atoms with E-state index in [1.807, 2.05) is 25.7 Å². The number of rotatable bonds is 0. The number of carbonyl (C=O) groups is 1. The lowest BCUT2D eigenvalue weighted by atomic mass is 10.00. The number of carbonyl (C=O) groups excluding carboxylic acids is 1. The minimum atomic E-state index is -0.406. The standard InChI is InChI=1S/C13H24N2O2/c1-12(2,3)17-11(16)15-7-9-5-13(4,14)6-10(9)8-15/h9-10H,5-8,14H2,1-4H3/t9-,10+,13?. The first-order valence-corrected chi connectivity index (χ1v) is 6.43. The van der Waals surface area contributed by atoms with Crippen molar-refractivity contribution in [2.75, 3.05) is 13.1 Å². The zero-order valence-electron chi connectivity index (χ0n) is 11.3. The number of fused-ring (bicyclic) bond motifs is 1. The van der Waals surface area contributed by atoms with Crippen LogP contribution in [0.5, 0.6) is 0 Å². The number of nitrogens with zero attached hydrogens (tertiary/aromatic N) is 1. The Kier molecular flexibility index (Phi) is 2.89. The van der Waals surface area contributed by atoms with Crippen LogP contribution in [0.15, 0.2) is 0 Å². The van der Waals surface area contributed by atoms with Crippen LogP contribution in [0.2, 0.25) is 0 Å². The first kappa shape index (κ1) is 12.7. The molecular weight excluding hydrogens is 216 g/mol. The zero-order valence-corrected chi connectivity index (χ0v) is 11.3. The molecule has 1 saturated heterocycles. The second-order valence-corrected chi connectivity index (χ2v) is 6.97. The van der Waals surface area contributed by atoms with Gasteiger partial charge in [0.15, 0.2) is 0 Å². The van der Waals surface area contributed by atoms with Crippen LogP contribution in [0.25, 0.3) is 0 Å². The average molecular weight is 240 g/mol. The fourth-order valence-corrected chi connectivity index (χ4v) is 3.16. The van der Waals surface area contributed by atoms with Crippen molar-refractivity contribution < 1.29 is 9.53 Å². The van der Waals surface area contributed by atoms with E-state index in [1.165, 1.54) is 0 Å². The summed E-state index contributed by atoms with van der Waals surface area (Å²) in [6.45, 7) is 9.44. The van der Waals surface area contributed by atoms with Crippen molar-refractivity contribution in [2.24, 2.45) is 17.6 Å². The lowest BCUT2D eigenvalue weighted by Crippen LogP contribution is -2.39. The topological polar surface area (TPSA) is 55.6 Å². The fourth-order valence-electron chi connectivity index (χ4n) is 3.16. The normalized spacial score (nSPS) is 37.1. The third kappa shape index (κ3) is 2.92. The minimum Gasteiger partial charge on any atom is -0.444 e. The third-order valence-electron chi connectivity index (χ3n) is 3.69. The molecule has 2 fully saturated rings. The van der Waals surface area contributed by atoms with Crippen LogP contribution < -0.4 is 5.73 Å². The number of amides is 1. The number of ether oxygens (including phenoxy) is 1. The van der Waals surface area contributed by atoms with Gasteiger partial charge in [0.25, 0.3) is 0 Å². The number of hydrogen-bond donors (Lipinski definition) is 1. The van der Waals surface area contributed by atoms with E-state index in [0.717, 1.165) is 25.9 Å². The van der Waals surface area contributed by atoms with Crippen LogP contribution >= 0.6 is 0 Å². The van der Waals surface area contributed by atoms with E-state index in [-0.39, 0.29) is 11.6 Å². The first-order valence-electron chi connectivity index (χ1n) is 6.43. The van der Waals surface area contributed by atoms with Gasteiger partial charge in [-0.3, -0.25) is 0 Å². The van der Waals surface area contributed by atoms with E-state index in [2.05, 4.69) is 6.92 Å². The molecule has 0 radical (unpaired) electrons. The van der Waals surface area contributed by atoms with Crippen LogP contribution in [0.3, 0.4) is 0 Å². The van der Waals surface area contributed by atoms with Gasteiger partial charge >= 0.3 is 6.09 Å². The van der Waals surface area contributed by atoms with Crippen molar-refractivity contribution in [3.8, 4) is 0 Å². The molecule has 2 aliphatic rings. The van der Waals surface area contributed by atoms with Gasteiger partial charge in [0.2, 0.25) is 0 Å². The smallest absolute Gasteiger partial charge is 0.410 e. The summed E-state index contributed by atoms with van der Waals surface area (Å²) in [6, 6.07) is 0. The van der Waals surface area contributed by atoms with Crippen molar-refractivity contribution in [3.63, 3.8) is 0 Å². The van der Waals surface area contributed by atoms with E-state index in [9.17, 15) is 4.79 Å². The third-order valence-corrected chi connectivity index (χ3v) is 3.69. The quantitative estimate of drug-likeness (QED) is 0.704. The predicted octanol–water partition coefficient (Wildman–Crippen LogP) is 1.98. The SMILES string of the molecule is CC1(N)C[C@H]2CN(C(=O)OC(C)(C)C)C[C@H]2C1. The minimum absolute atomic E-state index is 0.0324. The number of nitrogens with two attached hydrogens (primary N) is 1. The van der Waals surface area contributed by atoms with Crippen molar-refractivity contribution in [1.82, 2.24) is 4.90 Å². The first-order chi connectivity index (χ1) is 7.66. The molecule has 1 saturated carbocycles. The molecule has 98 valence electrons. The van der Waals surface area contributed by atoms with Crippen LogP contribution in [-0.4, -0.2) is 35.2 Å². The van der Waals surface area contributed by atoms with Gasteiger partial charge in [-0.15, -0.1) is 0 Å². The van der Waals surface area contributed by atoms with Crippen LogP contribution in [-0.2, 0) is 4.74 Å². The highest BCUT2D eigenvalue weighted by Crippen LogP contribution is 2.42. The van der Waals surface area contributed by atoms with E-state index >= 15 is 0 Å². The second-order valence-electron chi connectivity index (χ2n) is 6.97. The van der Waals surface area contributed by atoms with E-state index < -0.39 is 5.60 Å². The van der Waals surface area contributed by atoms with Gasteiger partial charge in [0.1, 0.15) is 5.60 Å². The van der Waals surface area contributed by atoms with Crippen LogP contribution in [0, 0.1) is 11.8 Å². The zero-order chi connectivity index (χ0) is 12.8. The summed E-state index contributed by atoms with van der Waals surface area (Å²) in [5.74, 6) is 1.13. The summed E-state index contributed by atoms with van der Waals surface area (Å²) in [4.78, 5) is 13.8. The molecule has 1 amide bonds. The van der Waals surface area contributed by atoms with Crippen LogP contribution in [0.1, 0.15) is 40.5 Å². The summed E-state index contributed by atoms with van der Waals surface area (Å²) < 4.78 is 5.39. The average Bonchev–Trinajstić information content (AvgIpc) is 2.53. The molecule has 1 unspecified atom stereocenters. The number of likely N-dealkylation sites (tertiary alicyclic amines) is 1. The molecule has 0 aromatic rings. The highest BCUT2D eigenvalue weighted by molar-refractivity contribution is 5.68. The lowest BCUT2D eigenvalue weighted by molar-refractivity contribution is 0.0276. The molecule has 1 heterocycles. The second kappa shape index (κ2) is 3.87. The van der Waals surface area contributed by atoms with Crippen LogP contribution in [0.4, 0.5) is 4.79 Å². The summed E-state index contributed by atoms with van der Waals surface area (Å²) in [6.07, 6.45) is 1.87. The highest BCUT2D eigenvalue weighted by atomic mass is 16.6. The monoisotopic (exact) mass is 240 g/mol. The van der Waals surface area contributed by atoms with E-state index in [1.54, 1.807) is 0 Å². The Morgan fingerprint density at radius 3 is 2.18 bits per heavy atom. The van der Waals surface area contributed by atoms with Crippen molar-refractivity contribution in [3.05, 3.63) is 0 Å². The van der Waals surface area contributed by atoms with Gasteiger partial charge in [-0.25, -0.2) is 4.79 Å². The molecule has 0 bridgehead atoms. The summed E-state index contributed by atoms with van der Waals surface area (Å²) >= 11 is 0. The molecule has 0 aromatic heterocycles. The maximum Gasteiger partial charge on any atom is 0.410 e. The Bertz CT molecular complexity index is 304. The Labute approximate surface area is 103 Å².